The average Bonchev–Trinajstić information content (AvgIpc) is 2.79. The van der Waals surface area contributed by atoms with Crippen molar-refractivity contribution >= 4 is 0 Å². The molecule has 2 rings (SSSR count). The van der Waals surface area contributed by atoms with Crippen LogP contribution in [0.1, 0.15) is 73.9 Å². The zero-order valence-corrected chi connectivity index (χ0v) is 20.4. The van der Waals surface area contributed by atoms with Gasteiger partial charge in [-0.3, -0.25) is 0 Å². The molecule has 0 saturated carbocycles. The Morgan fingerprint density at radius 2 is 0.970 bits per heavy atom. The largest absolute Gasteiger partial charge is 0.507 e. The van der Waals surface area contributed by atoms with E-state index in [-0.39, 0.29) is 44.3 Å². The molecule has 184 valence electrons. The van der Waals surface area contributed by atoms with Crippen molar-refractivity contribution in [3.63, 3.8) is 0 Å². The molecule has 0 bridgehead atoms. The summed E-state index contributed by atoms with van der Waals surface area (Å²) in [7, 11) is 0. The number of aromatic hydroxyl groups is 2. The number of aliphatic hydroxyl groups excluding tert-OH is 4. The highest BCUT2D eigenvalue weighted by molar-refractivity contribution is 5.53. The molecule has 6 nitrogen and oxygen atoms in total. The Bertz CT molecular complexity index is 857. The Labute approximate surface area is 197 Å². The maximum atomic E-state index is 11.1. The van der Waals surface area contributed by atoms with Gasteiger partial charge in [0.05, 0.1) is 13.2 Å². The van der Waals surface area contributed by atoms with Crippen LogP contribution >= 0.6 is 0 Å². The monoisotopic (exact) mass is 460 g/mol. The molecule has 0 amide bonds. The number of hydrogen-bond donors (Lipinski definition) is 6. The number of benzene rings is 2. The van der Waals surface area contributed by atoms with Crippen molar-refractivity contribution in [3.05, 3.63) is 57.6 Å². The molecule has 0 saturated heterocycles. The molecule has 0 heterocycles. The van der Waals surface area contributed by atoms with E-state index in [2.05, 4.69) is 0 Å². The lowest BCUT2D eigenvalue weighted by Crippen LogP contribution is -2.23. The van der Waals surface area contributed by atoms with Crippen LogP contribution in [-0.2, 0) is 30.1 Å². The van der Waals surface area contributed by atoms with Gasteiger partial charge in [0.2, 0.25) is 0 Å². The smallest absolute Gasteiger partial charge is 0.122 e. The van der Waals surface area contributed by atoms with Gasteiger partial charge in [0.1, 0.15) is 11.5 Å². The van der Waals surface area contributed by atoms with E-state index in [9.17, 15) is 30.6 Å². The fourth-order valence-electron chi connectivity index (χ4n) is 4.05. The zero-order valence-electron chi connectivity index (χ0n) is 20.4. The van der Waals surface area contributed by atoms with Gasteiger partial charge in [-0.2, -0.15) is 0 Å². The molecule has 6 N–H and O–H groups in total. The summed E-state index contributed by atoms with van der Waals surface area (Å²) in [5.41, 5.74) is 3.07. The van der Waals surface area contributed by atoms with Crippen molar-refractivity contribution < 1.29 is 30.6 Å². The fraction of sp³-hybridized carbons (Fsp3) is 0.556. The molecule has 0 aromatic heterocycles. The third kappa shape index (κ3) is 6.48. The first-order valence-corrected chi connectivity index (χ1v) is 11.6. The van der Waals surface area contributed by atoms with Crippen LogP contribution in [-0.4, -0.2) is 57.1 Å². The van der Waals surface area contributed by atoms with Crippen LogP contribution in [0.4, 0.5) is 0 Å². The van der Waals surface area contributed by atoms with Gasteiger partial charge in [0.15, 0.2) is 0 Å². The predicted octanol–water partition coefficient (Wildman–Crippen LogP) is 3.08. The van der Waals surface area contributed by atoms with Crippen LogP contribution < -0.4 is 0 Å². The Hall–Kier alpha value is -2.12. The van der Waals surface area contributed by atoms with Crippen molar-refractivity contribution in [2.24, 2.45) is 0 Å². The first-order chi connectivity index (χ1) is 15.5. The van der Waals surface area contributed by atoms with Gasteiger partial charge in [0.25, 0.3) is 0 Å². The summed E-state index contributed by atoms with van der Waals surface area (Å²) in [5, 5.41) is 60.6. The minimum atomic E-state index is -0.664. The molecule has 2 aromatic rings. The summed E-state index contributed by atoms with van der Waals surface area (Å²) in [6, 6.07) is 7.53. The Kier molecular flexibility index (Phi) is 9.32. The van der Waals surface area contributed by atoms with Gasteiger partial charge >= 0.3 is 0 Å². The maximum absolute atomic E-state index is 11.1. The summed E-state index contributed by atoms with van der Waals surface area (Å²) in [6.07, 6.45) is 2.69. The van der Waals surface area contributed by atoms with Crippen LogP contribution in [0.5, 0.6) is 11.5 Å². The van der Waals surface area contributed by atoms with E-state index < -0.39 is 10.8 Å². The average molecular weight is 461 g/mol. The second kappa shape index (κ2) is 11.3. The molecular weight excluding hydrogens is 420 g/mol. The van der Waals surface area contributed by atoms with E-state index in [1.165, 1.54) is 0 Å². The number of hydrogen-bond acceptors (Lipinski definition) is 6. The summed E-state index contributed by atoms with van der Waals surface area (Å²) in [5.74, 6) is 0.176. The molecule has 0 unspecified atom stereocenters. The third-order valence-corrected chi connectivity index (χ3v) is 6.37. The normalized spacial score (nSPS) is 12.4. The standard InChI is InChI=1S/C27H40O6/c1-26(2,16-30)22-13-18(7-5-9-28)11-20(24(22)32)15-21-12-19(8-6-10-29)14-23(25(21)33)27(3,4)17-31/h11-14,28-33H,5-10,15-17H2,1-4H3. The van der Waals surface area contributed by atoms with E-state index in [0.717, 1.165) is 11.1 Å². The second-order valence-corrected chi connectivity index (χ2v) is 10.2. The van der Waals surface area contributed by atoms with Crippen molar-refractivity contribution in [1.29, 1.82) is 0 Å². The van der Waals surface area contributed by atoms with Gasteiger partial charge in [-0.25, -0.2) is 0 Å². The molecule has 6 heteroatoms. The molecule has 0 spiro atoms. The maximum Gasteiger partial charge on any atom is 0.122 e. The lowest BCUT2D eigenvalue weighted by atomic mass is 9.80. The summed E-state index contributed by atoms with van der Waals surface area (Å²) in [4.78, 5) is 0. The first-order valence-electron chi connectivity index (χ1n) is 11.6. The minimum Gasteiger partial charge on any atom is -0.507 e. The number of rotatable bonds is 12. The van der Waals surface area contributed by atoms with E-state index >= 15 is 0 Å². The first kappa shape index (κ1) is 27.1. The van der Waals surface area contributed by atoms with Crippen molar-refractivity contribution in [3.8, 4) is 11.5 Å². The molecule has 0 aliphatic rings. The second-order valence-electron chi connectivity index (χ2n) is 10.2. The van der Waals surface area contributed by atoms with Gasteiger partial charge in [-0.15, -0.1) is 0 Å². The van der Waals surface area contributed by atoms with E-state index in [1.807, 2.05) is 52.0 Å². The van der Waals surface area contributed by atoms with Crippen LogP contribution in [0.2, 0.25) is 0 Å². The molecule has 0 fully saturated rings. The number of aliphatic hydroxyl groups is 4. The van der Waals surface area contributed by atoms with Gasteiger partial charge in [-0.05, 0) is 47.9 Å². The van der Waals surface area contributed by atoms with Gasteiger partial charge in [-0.1, -0.05) is 52.0 Å². The van der Waals surface area contributed by atoms with Crippen LogP contribution in [0.3, 0.4) is 0 Å². The predicted molar refractivity (Wildman–Crippen MR) is 130 cm³/mol. The number of phenols is 2. The van der Waals surface area contributed by atoms with Crippen molar-refractivity contribution in [1.82, 2.24) is 0 Å². The Morgan fingerprint density at radius 3 is 1.27 bits per heavy atom. The lowest BCUT2D eigenvalue weighted by molar-refractivity contribution is 0.215. The Balaban J connectivity index is 2.64. The quantitative estimate of drug-likeness (QED) is 0.290. The van der Waals surface area contributed by atoms with E-state index in [0.29, 0.717) is 47.9 Å². The number of aryl methyl sites for hydroxylation is 2. The molecular formula is C27H40O6. The van der Waals surface area contributed by atoms with Gasteiger partial charge in [0, 0.05) is 41.6 Å². The zero-order chi connectivity index (χ0) is 24.8. The van der Waals surface area contributed by atoms with Crippen LogP contribution in [0, 0.1) is 0 Å². The SMILES string of the molecule is CC(C)(CO)c1cc(CCCO)cc(Cc2cc(CCCO)cc(C(C)(C)CO)c2O)c1O. The fourth-order valence-corrected chi connectivity index (χ4v) is 4.05. The Morgan fingerprint density at radius 1 is 0.606 bits per heavy atom. The molecule has 0 aliphatic heterocycles. The topological polar surface area (TPSA) is 121 Å². The molecule has 2 aromatic carbocycles. The van der Waals surface area contributed by atoms with Gasteiger partial charge < -0.3 is 30.6 Å². The third-order valence-electron chi connectivity index (χ3n) is 6.37. The highest BCUT2D eigenvalue weighted by Crippen LogP contribution is 2.40. The van der Waals surface area contributed by atoms with Crippen LogP contribution in [0.15, 0.2) is 24.3 Å². The summed E-state index contributed by atoms with van der Waals surface area (Å²) >= 11 is 0. The van der Waals surface area contributed by atoms with E-state index in [1.54, 1.807) is 0 Å². The van der Waals surface area contributed by atoms with Crippen molar-refractivity contribution in [2.45, 2.75) is 70.6 Å². The summed E-state index contributed by atoms with van der Waals surface area (Å²) in [6.45, 7) is 7.27. The van der Waals surface area contributed by atoms with Crippen LogP contribution in [0.25, 0.3) is 0 Å². The summed E-state index contributed by atoms with van der Waals surface area (Å²) < 4.78 is 0. The van der Waals surface area contributed by atoms with E-state index in [4.69, 9.17) is 0 Å². The number of phenolic OH excluding ortho intramolecular Hbond substituents is 2. The lowest BCUT2D eigenvalue weighted by Gasteiger charge is -2.27. The highest BCUT2D eigenvalue weighted by atomic mass is 16.3. The highest BCUT2D eigenvalue weighted by Gasteiger charge is 2.28. The molecule has 0 aliphatic carbocycles. The van der Waals surface area contributed by atoms with Crippen molar-refractivity contribution in [2.75, 3.05) is 26.4 Å². The molecule has 33 heavy (non-hydrogen) atoms. The molecule has 0 radical (unpaired) electrons. The molecule has 0 atom stereocenters. The minimum absolute atomic E-state index is 0.0578.